The molecule has 0 aliphatic heterocycles. The SMILES string of the molecule is CCCC(C(=O)NCCC(C)C)C(N)=NO. The quantitative estimate of drug-likeness (QED) is 0.266. The molecule has 1 atom stereocenters. The van der Waals surface area contributed by atoms with E-state index in [-0.39, 0.29) is 11.7 Å². The molecule has 0 aromatic carbocycles. The van der Waals surface area contributed by atoms with Gasteiger partial charge in [0.15, 0.2) is 5.84 Å². The van der Waals surface area contributed by atoms with Gasteiger partial charge in [-0.1, -0.05) is 32.3 Å². The van der Waals surface area contributed by atoms with Crippen molar-refractivity contribution in [1.29, 1.82) is 0 Å². The smallest absolute Gasteiger partial charge is 0.230 e. The summed E-state index contributed by atoms with van der Waals surface area (Å²) in [6, 6.07) is 0. The second-order valence-corrected chi connectivity index (χ2v) is 4.34. The molecule has 16 heavy (non-hydrogen) atoms. The van der Waals surface area contributed by atoms with Gasteiger partial charge in [-0.2, -0.15) is 0 Å². The summed E-state index contributed by atoms with van der Waals surface area (Å²) in [5, 5.41) is 14.3. The maximum atomic E-state index is 11.7. The molecule has 0 aliphatic rings. The lowest BCUT2D eigenvalue weighted by Gasteiger charge is -2.15. The average Bonchev–Trinajstić information content (AvgIpc) is 2.24. The van der Waals surface area contributed by atoms with E-state index < -0.39 is 5.92 Å². The van der Waals surface area contributed by atoms with Gasteiger partial charge in [0.05, 0.1) is 5.92 Å². The summed E-state index contributed by atoms with van der Waals surface area (Å²) in [6.07, 6.45) is 2.35. The van der Waals surface area contributed by atoms with Crippen molar-refractivity contribution >= 4 is 11.7 Å². The van der Waals surface area contributed by atoms with E-state index in [1.54, 1.807) is 0 Å². The number of rotatable bonds is 7. The Morgan fingerprint density at radius 2 is 2.06 bits per heavy atom. The molecular weight excluding hydrogens is 206 g/mol. The van der Waals surface area contributed by atoms with E-state index in [1.165, 1.54) is 0 Å². The van der Waals surface area contributed by atoms with E-state index >= 15 is 0 Å². The van der Waals surface area contributed by atoms with Gasteiger partial charge in [-0.15, -0.1) is 0 Å². The number of oxime groups is 1. The second-order valence-electron chi connectivity index (χ2n) is 4.34. The highest BCUT2D eigenvalue weighted by molar-refractivity contribution is 6.01. The molecule has 0 radical (unpaired) electrons. The number of hydrogen-bond acceptors (Lipinski definition) is 3. The summed E-state index contributed by atoms with van der Waals surface area (Å²) in [4.78, 5) is 11.7. The van der Waals surface area contributed by atoms with E-state index in [1.807, 2.05) is 6.92 Å². The standard InChI is InChI=1S/C11H23N3O2/c1-4-5-9(10(12)14-16)11(15)13-7-6-8(2)3/h8-9,16H,4-7H2,1-3H3,(H2,12,14)(H,13,15). The van der Waals surface area contributed by atoms with Crippen LogP contribution in [-0.4, -0.2) is 23.5 Å². The minimum atomic E-state index is -0.512. The Bertz CT molecular complexity index is 239. The summed E-state index contributed by atoms with van der Waals surface area (Å²) in [5.41, 5.74) is 5.47. The Morgan fingerprint density at radius 3 is 2.50 bits per heavy atom. The van der Waals surface area contributed by atoms with Crippen LogP contribution in [-0.2, 0) is 4.79 Å². The number of amidine groups is 1. The van der Waals surface area contributed by atoms with Crippen LogP contribution in [0.2, 0.25) is 0 Å². The fourth-order valence-electron chi connectivity index (χ4n) is 1.38. The number of carbonyl (C=O) groups excluding carboxylic acids is 1. The van der Waals surface area contributed by atoms with Crippen LogP contribution in [0.15, 0.2) is 5.16 Å². The molecule has 94 valence electrons. The van der Waals surface area contributed by atoms with Gasteiger partial charge in [-0.3, -0.25) is 4.79 Å². The lowest BCUT2D eigenvalue weighted by Crippen LogP contribution is -2.39. The maximum absolute atomic E-state index is 11.7. The molecule has 1 amide bonds. The molecule has 0 saturated heterocycles. The molecule has 0 aromatic heterocycles. The van der Waals surface area contributed by atoms with Crippen molar-refractivity contribution < 1.29 is 10.0 Å². The van der Waals surface area contributed by atoms with Crippen molar-refractivity contribution in [3.05, 3.63) is 0 Å². The zero-order chi connectivity index (χ0) is 12.6. The fraction of sp³-hybridized carbons (Fsp3) is 0.818. The molecule has 0 fully saturated rings. The van der Waals surface area contributed by atoms with Crippen LogP contribution in [0.5, 0.6) is 0 Å². The molecule has 5 nitrogen and oxygen atoms in total. The molecule has 0 aromatic rings. The van der Waals surface area contributed by atoms with Crippen molar-refractivity contribution in [1.82, 2.24) is 5.32 Å². The number of nitrogens with one attached hydrogen (secondary N) is 1. The normalized spacial score (nSPS) is 13.9. The molecular formula is C11H23N3O2. The van der Waals surface area contributed by atoms with Gasteiger partial charge in [0.2, 0.25) is 5.91 Å². The summed E-state index contributed by atoms with van der Waals surface area (Å²) in [5.74, 6) is -0.127. The largest absolute Gasteiger partial charge is 0.409 e. The lowest BCUT2D eigenvalue weighted by atomic mass is 10.0. The van der Waals surface area contributed by atoms with Crippen molar-refractivity contribution in [2.24, 2.45) is 22.7 Å². The van der Waals surface area contributed by atoms with Gasteiger partial charge >= 0.3 is 0 Å². The first-order valence-electron chi connectivity index (χ1n) is 5.78. The molecule has 0 saturated carbocycles. The highest BCUT2D eigenvalue weighted by Crippen LogP contribution is 2.07. The highest BCUT2D eigenvalue weighted by atomic mass is 16.4. The molecule has 0 aliphatic carbocycles. The first kappa shape index (κ1) is 14.7. The minimum Gasteiger partial charge on any atom is -0.409 e. The Labute approximate surface area is 97.1 Å². The molecule has 0 spiro atoms. The van der Waals surface area contributed by atoms with Crippen LogP contribution >= 0.6 is 0 Å². The van der Waals surface area contributed by atoms with E-state index in [2.05, 4.69) is 24.3 Å². The Hall–Kier alpha value is -1.26. The van der Waals surface area contributed by atoms with E-state index in [0.717, 1.165) is 12.8 Å². The molecule has 5 heteroatoms. The number of nitrogens with zero attached hydrogens (tertiary/aromatic N) is 1. The maximum Gasteiger partial charge on any atom is 0.230 e. The van der Waals surface area contributed by atoms with E-state index in [4.69, 9.17) is 10.9 Å². The molecule has 4 N–H and O–H groups in total. The number of hydrogen-bond donors (Lipinski definition) is 3. The van der Waals surface area contributed by atoms with Crippen molar-refractivity contribution in [2.75, 3.05) is 6.54 Å². The Morgan fingerprint density at radius 1 is 1.44 bits per heavy atom. The zero-order valence-electron chi connectivity index (χ0n) is 10.4. The fourth-order valence-corrected chi connectivity index (χ4v) is 1.38. The molecule has 1 unspecified atom stereocenters. The first-order valence-corrected chi connectivity index (χ1v) is 5.78. The van der Waals surface area contributed by atoms with Crippen LogP contribution in [0.25, 0.3) is 0 Å². The third kappa shape index (κ3) is 5.58. The molecule has 0 bridgehead atoms. The van der Waals surface area contributed by atoms with Crippen LogP contribution < -0.4 is 11.1 Å². The number of amides is 1. The predicted octanol–water partition coefficient (Wildman–Crippen LogP) is 1.31. The van der Waals surface area contributed by atoms with Gasteiger partial charge in [-0.05, 0) is 18.8 Å². The molecule has 0 heterocycles. The Balaban J connectivity index is 4.18. The van der Waals surface area contributed by atoms with Crippen LogP contribution in [0.3, 0.4) is 0 Å². The van der Waals surface area contributed by atoms with Crippen molar-refractivity contribution in [3.63, 3.8) is 0 Å². The average molecular weight is 229 g/mol. The zero-order valence-corrected chi connectivity index (χ0v) is 10.4. The second kappa shape index (κ2) is 7.96. The first-order chi connectivity index (χ1) is 7.52. The summed E-state index contributed by atoms with van der Waals surface area (Å²) < 4.78 is 0. The summed E-state index contributed by atoms with van der Waals surface area (Å²) in [7, 11) is 0. The Kier molecular flexibility index (Phi) is 7.33. The third-order valence-corrected chi connectivity index (χ3v) is 2.39. The van der Waals surface area contributed by atoms with Crippen LogP contribution in [0, 0.1) is 11.8 Å². The number of carbonyl (C=O) groups is 1. The number of nitrogens with two attached hydrogens (primary N) is 1. The summed E-state index contributed by atoms with van der Waals surface area (Å²) >= 11 is 0. The van der Waals surface area contributed by atoms with Crippen LogP contribution in [0.4, 0.5) is 0 Å². The molecule has 0 rings (SSSR count). The minimum absolute atomic E-state index is 0.0103. The van der Waals surface area contributed by atoms with E-state index in [9.17, 15) is 4.79 Å². The van der Waals surface area contributed by atoms with Gasteiger partial charge in [0, 0.05) is 6.54 Å². The van der Waals surface area contributed by atoms with Crippen LogP contribution in [0.1, 0.15) is 40.0 Å². The van der Waals surface area contributed by atoms with Crippen molar-refractivity contribution in [2.45, 2.75) is 40.0 Å². The predicted molar refractivity (Wildman–Crippen MR) is 64.3 cm³/mol. The van der Waals surface area contributed by atoms with Gasteiger partial charge in [0.1, 0.15) is 0 Å². The van der Waals surface area contributed by atoms with Gasteiger partial charge < -0.3 is 16.3 Å². The monoisotopic (exact) mass is 229 g/mol. The van der Waals surface area contributed by atoms with Crippen molar-refractivity contribution in [3.8, 4) is 0 Å². The highest BCUT2D eigenvalue weighted by Gasteiger charge is 2.21. The lowest BCUT2D eigenvalue weighted by molar-refractivity contribution is -0.123. The van der Waals surface area contributed by atoms with E-state index in [0.29, 0.717) is 18.9 Å². The third-order valence-electron chi connectivity index (χ3n) is 2.39. The van der Waals surface area contributed by atoms with Gasteiger partial charge in [0.25, 0.3) is 0 Å². The topological polar surface area (TPSA) is 87.7 Å². The summed E-state index contributed by atoms with van der Waals surface area (Å²) in [6.45, 7) is 6.78. The van der Waals surface area contributed by atoms with Gasteiger partial charge in [-0.25, -0.2) is 0 Å².